The van der Waals surface area contributed by atoms with Crippen LogP contribution in [0, 0.1) is 0 Å². The normalized spacial score (nSPS) is 16.0. The van der Waals surface area contributed by atoms with Crippen LogP contribution in [0.5, 0.6) is 0 Å². The Labute approximate surface area is 129 Å². The first-order valence-electron chi connectivity index (χ1n) is 7.53. The van der Waals surface area contributed by atoms with Crippen molar-refractivity contribution in [1.82, 2.24) is 19.5 Å². The highest BCUT2D eigenvalue weighted by atomic mass is 16.5. The number of rotatable bonds is 5. The maximum absolute atomic E-state index is 5.92. The topological polar surface area (TPSA) is 42.7 Å². The third kappa shape index (κ3) is 2.86. The van der Waals surface area contributed by atoms with E-state index in [2.05, 4.69) is 39.2 Å². The third-order valence-electron chi connectivity index (χ3n) is 4.00. The number of hydrogen-bond acceptors (Lipinski definition) is 4. The van der Waals surface area contributed by atoms with Crippen molar-refractivity contribution >= 4 is 5.65 Å². The zero-order chi connectivity index (χ0) is 14.8. The second kappa shape index (κ2) is 5.87. The molecule has 0 amide bonds. The highest BCUT2D eigenvalue weighted by molar-refractivity contribution is 5.39. The lowest BCUT2D eigenvalue weighted by Crippen LogP contribution is -2.51. The third-order valence-corrected chi connectivity index (χ3v) is 4.00. The van der Waals surface area contributed by atoms with Crippen molar-refractivity contribution in [3.8, 4) is 0 Å². The maximum Gasteiger partial charge on any atom is 0.155 e. The maximum atomic E-state index is 5.92. The Kier molecular flexibility index (Phi) is 3.58. The van der Waals surface area contributed by atoms with E-state index >= 15 is 0 Å². The smallest absolute Gasteiger partial charge is 0.155 e. The van der Waals surface area contributed by atoms with Crippen molar-refractivity contribution in [2.45, 2.75) is 19.3 Å². The second-order valence-electron chi connectivity index (χ2n) is 5.71. The molecule has 112 valence electrons. The van der Waals surface area contributed by atoms with Crippen LogP contribution in [0.15, 0.2) is 55.0 Å². The molecular weight excluding hydrogens is 276 g/mol. The van der Waals surface area contributed by atoms with Gasteiger partial charge in [-0.05, 0) is 23.3 Å². The first-order valence-corrected chi connectivity index (χ1v) is 7.53. The second-order valence-corrected chi connectivity index (χ2v) is 5.71. The molecular formula is C17H18N4O. The van der Waals surface area contributed by atoms with E-state index in [-0.39, 0.29) is 0 Å². The van der Waals surface area contributed by atoms with E-state index in [4.69, 9.17) is 4.74 Å². The summed E-state index contributed by atoms with van der Waals surface area (Å²) in [6.07, 6.45) is 3.88. The summed E-state index contributed by atoms with van der Waals surface area (Å²) in [6.45, 7) is 3.62. The molecule has 0 bridgehead atoms. The van der Waals surface area contributed by atoms with Gasteiger partial charge < -0.3 is 4.74 Å². The zero-order valence-corrected chi connectivity index (χ0v) is 12.3. The van der Waals surface area contributed by atoms with E-state index in [0.29, 0.717) is 12.7 Å². The fraction of sp³-hybridized carbons (Fsp3) is 0.294. The molecule has 0 N–H and O–H groups in total. The fourth-order valence-corrected chi connectivity index (χ4v) is 2.76. The van der Waals surface area contributed by atoms with Crippen LogP contribution in [-0.4, -0.2) is 38.7 Å². The minimum Gasteiger partial charge on any atom is -0.371 e. The standard InChI is InChI=1S/C17H18N4O/c1-2-4-14(5-3-1)12-22-16-10-20(11-16)9-15-6-7-21-17(8-15)18-13-19-21/h1-8,13,16H,9-12H2. The Balaban J connectivity index is 1.26. The number of ether oxygens (including phenoxy) is 1. The summed E-state index contributed by atoms with van der Waals surface area (Å²) in [6, 6.07) is 14.5. The van der Waals surface area contributed by atoms with E-state index in [0.717, 1.165) is 25.3 Å². The average Bonchev–Trinajstić information content (AvgIpc) is 2.98. The molecule has 2 aromatic heterocycles. The molecule has 1 aliphatic rings. The van der Waals surface area contributed by atoms with Crippen molar-refractivity contribution in [3.63, 3.8) is 0 Å². The van der Waals surface area contributed by atoms with Crippen LogP contribution in [0.1, 0.15) is 11.1 Å². The van der Waals surface area contributed by atoms with Gasteiger partial charge in [-0.3, -0.25) is 4.90 Å². The lowest BCUT2D eigenvalue weighted by Gasteiger charge is -2.39. The molecule has 5 heteroatoms. The molecule has 5 nitrogen and oxygen atoms in total. The SMILES string of the molecule is c1ccc(COC2CN(Cc3ccn4ncnc4c3)C2)cc1. The molecule has 1 fully saturated rings. The van der Waals surface area contributed by atoms with Crippen LogP contribution in [-0.2, 0) is 17.9 Å². The van der Waals surface area contributed by atoms with Gasteiger partial charge in [0.1, 0.15) is 6.33 Å². The van der Waals surface area contributed by atoms with Gasteiger partial charge in [0.05, 0.1) is 12.7 Å². The van der Waals surface area contributed by atoms with Gasteiger partial charge in [-0.1, -0.05) is 30.3 Å². The quantitative estimate of drug-likeness (QED) is 0.723. The van der Waals surface area contributed by atoms with E-state index < -0.39 is 0 Å². The summed E-state index contributed by atoms with van der Waals surface area (Å²) in [5, 5.41) is 4.11. The summed E-state index contributed by atoms with van der Waals surface area (Å²) < 4.78 is 7.70. The summed E-state index contributed by atoms with van der Waals surface area (Å²) in [4.78, 5) is 6.60. The van der Waals surface area contributed by atoms with Crippen molar-refractivity contribution in [1.29, 1.82) is 0 Å². The van der Waals surface area contributed by atoms with Crippen molar-refractivity contribution < 1.29 is 4.74 Å². The number of pyridine rings is 1. The van der Waals surface area contributed by atoms with Gasteiger partial charge in [0.15, 0.2) is 5.65 Å². The minimum atomic E-state index is 0.344. The molecule has 0 saturated carbocycles. The van der Waals surface area contributed by atoms with Gasteiger partial charge >= 0.3 is 0 Å². The van der Waals surface area contributed by atoms with Gasteiger partial charge in [-0.2, -0.15) is 5.10 Å². The molecule has 0 unspecified atom stereocenters. The molecule has 1 saturated heterocycles. The first kappa shape index (κ1) is 13.4. The Morgan fingerprint density at radius 1 is 1.09 bits per heavy atom. The Morgan fingerprint density at radius 3 is 2.82 bits per heavy atom. The molecule has 4 rings (SSSR count). The predicted molar refractivity (Wildman–Crippen MR) is 83.3 cm³/mol. The summed E-state index contributed by atoms with van der Waals surface area (Å²) >= 11 is 0. The molecule has 0 spiro atoms. The molecule has 0 atom stereocenters. The van der Waals surface area contributed by atoms with E-state index in [9.17, 15) is 0 Å². The molecule has 1 aliphatic heterocycles. The van der Waals surface area contributed by atoms with Crippen molar-refractivity contribution in [3.05, 3.63) is 66.1 Å². The zero-order valence-electron chi connectivity index (χ0n) is 12.3. The van der Waals surface area contributed by atoms with Crippen LogP contribution < -0.4 is 0 Å². The Bertz CT molecular complexity index is 749. The van der Waals surface area contributed by atoms with Gasteiger partial charge in [0, 0.05) is 25.8 Å². The van der Waals surface area contributed by atoms with Gasteiger partial charge in [-0.25, -0.2) is 9.50 Å². The van der Waals surface area contributed by atoms with Crippen LogP contribution in [0.3, 0.4) is 0 Å². The highest BCUT2D eigenvalue weighted by Gasteiger charge is 2.27. The Morgan fingerprint density at radius 2 is 1.95 bits per heavy atom. The van der Waals surface area contributed by atoms with Crippen molar-refractivity contribution in [2.75, 3.05) is 13.1 Å². The predicted octanol–water partition coefficient (Wildman–Crippen LogP) is 2.13. The molecule has 0 radical (unpaired) electrons. The fourth-order valence-electron chi connectivity index (χ4n) is 2.76. The number of likely N-dealkylation sites (tertiary alicyclic amines) is 1. The highest BCUT2D eigenvalue weighted by Crippen LogP contribution is 2.17. The molecule has 22 heavy (non-hydrogen) atoms. The van der Waals surface area contributed by atoms with Gasteiger partial charge in [0.25, 0.3) is 0 Å². The first-order chi connectivity index (χ1) is 10.9. The van der Waals surface area contributed by atoms with Crippen LogP contribution in [0.2, 0.25) is 0 Å². The lowest BCUT2D eigenvalue weighted by molar-refractivity contribution is -0.0658. The van der Waals surface area contributed by atoms with Crippen LogP contribution >= 0.6 is 0 Å². The summed E-state index contributed by atoms with van der Waals surface area (Å²) in [5.74, 6) is 0. The molecule has 0 aliphatic carbocycles. The monoisotopic (exact) mass is 294 g/mol. The van der Waals surface area contributed by atoms with Gasteiger partial charge in [0.2, 0.25) is 0 Å². The number of hydrogen-bond donors (Lipinski definition) is 0. The van der Waals surface area contributed by atoms with Crippen LogP contribution in [0.25, 0.3) is 5.65 Å². The molecule has 3 aromatic rings. The van der Waals surface area contributed by atoms with E-state index in [1.54, 1.807) is 10.8 Å². The van der Waals surface area contributed by atoms with E-state index in [1.807, 2.05) is 24.4 Å². The summed E-state index contributed by atoms with van der Waals surface area (Å²) in [5.41, 5.74) is 3.40. The van der Waals surface area contributed by atoms with Crippen molar-refractivity contribution in [2.24, 2.45) is 0 Å². The lowest BCUT2D eigenvalue weighted by atomic mass is 10.1. The number of fused-ring (bicyclic) bond motifs is 1. The average molecular weight is 294 g/mol. The minimum absolute atomic E-state index is 0.344. The molecule has 3 heterocycles. The number of nitrogens with zero attached hydrogens (tertiary/aromatic N) is 4. The van der Waals surface area contributed by atoms with E-state index in [1.165, 1.54) is 11.1 Å². The number of aromatic nitrogens is 3. The van der Waals surface area contributed by atoms with Gasteiger partial charge in [-0.15, -0.1) is 0 Å². The largest absolute Gasteiger partial charge is 0.371 e. The molecule has 1 aromatic carbocycles. The van der Waals surface area contributed by atoms with Crippen LogP contribution in [0.4, 0.5) is 0 Å². The number of benzene rings is 1. The summed E-state index contributed by atoms with van der Waals surface area (Å²) in [7, 11) is 0. The Hall–Kier alpha value is -2.24.